The van der Waals surface area contributed by atoms with Crippen molar-refractivity contribution in [2.24, 2.45) is 0 Å². The van der Waals surface area contributed by atoms with Crippen molar-refractivity contribution in [3.63, 3.8) is 0 Å². The van der Waals surface area contributed by atoms with Crippen molar-refractivity contribution in [2.45, 2.75) is 49.4 Å². The molecule has 0 spiro atoms. The average Bonchev–Trinajstić information content (AvgIpc) is 2.29. The van der Waals surface area contributed by atoms with E-state index in [1.54, 1.807) is 0 Å². The van der Waals surface area contributed by atoms with Gasteiger partial charge in [0.1, 0.15) is 0 Å². The second kappa shape index (κ2) is 7.24. The Hall–Kier alpha value is -0.260. The van der Waals surface area contributed by atoms with Gasteiger partial charge >= 0.3 is 5.97 Å². The van der Waals surface area contributed by atoms with E-state index in [0.717, 1.165) is 6.54 Å². The summed E-state index contributed by atoms with van der Waals surface area (Å²) in [7, 11) is 0. The highest BCUT2D eigenvalue weighted by Crippen LogP contribution is 2.37. The number of aliphatic hydroxyl groups excluding tert-OH is 1. The molecule has 17 heavy (non-hydrogen) atoms. The predicted molar refractivity (Wildman–Crippen MR) is 70.5 cm³/mol. The first kappa shape index (κ1) is 14.8. The van der Waals surface area contributed by atoms with Crippen LogP contribution in [0.1, 0.15) is 38.5 Å². The first-order chi connectivity index (χ1) is 8.08. The Labute approximate surface area is 107 Å². The minimum absolute atomic E-state index is 0.181. The Morgan fingerprint density at radius 3 is 2.59 bits per heavy atom. The Bertz CT molecular complexity index is 242. The van der Waals surface area contributed by atoms with E-state index in [9.17, 15) is 9.90 Å². The second-order valence-corrected chi connectivity index (χ2v) is 6.10. The summed E-state index contributed by atoms with van der Waals surface area (Å²) in [4.78, 5) is 10.4. The van der Waals surface area contributed by atoms with Crippen LogP contribution < -0.4 is 5.32 Å². The lowest BCUT2D eigenvalue weighted by molar-refractivity contribution is -0.139. The Balaban J connectivity index is 2.25. The van der Waals surface area contributed by atoms with E-state index >= 15 is 0 Å². The van der Waals surface area contributed by atoms with Gasteiger partial charge in [-0.15, -0.1) is 0 Å². The number of rotatable bonds is 7. The fourth-order valence-corrected chi connectivity index (χ4v) is 3.33. The molecule has 0 aromatic carbocycles. The quantitative estimate of drug-likeness (QED) is 0.647. The van der Waals surface area contributed by atoms with Gasteiger partial charge in [0.05, 0.1) is 12.5 Å². The van der Waals surface area contributed by atoms with Gasteiger partial charge in [-0.2, -0.15) is 11.8 Å². The van der Waals surface area contributed by atoms with E-state index in [0.29, 0.717) is 11.3 Å². The van der Waals surface area contributed by atoms with Gasteiger partial charge in [0.25, 0.3) is 0 Å². The first-order valence-electron chi connectivity index (χ1n) is 6.24. The third-order valence-corrected chi connectivity index (χ3v) is 4.85. The molecule has 5 heteroatoms. The largest absolute Gasteiger partial charge is 0.481 e. The molecule has 0 aromatic rings. The number of carboxylic acid groups (broad SMARTS) is 1. The predicted octanol–water partition coefficient (Wildman–Crippen LogP) is 1.48. The molecule has 1 aliphatic carbocycles. The van der Waals surface area contributed by atoms with Gasteiger partial charge in [-0.05, 0) is 19.1 Å². The zero-order chi connectivity index (χ0) is 12.7. The molecule has 0 aliphatic heterocycles. The summed E-state index contributed by atoms with van der Waals surface area (Å²) >= 11 is 1.90. The van der Waals surface area contributed by atoms with E-state index in [2.05, 4.69) is 11.6 Å². The van der Waals surface area contributed by atoms with Crippen LogP contribution in [0.4, 0.5) is 0 Å². The molecule has 100 valence electrons. The molecule has 1 fully saturated rings. The number of thioether (sulfide) groups is 1. The fraction of sp³-hybridized carbons (Fsp3) is 0.917. The molecule has 4 nitrogen and oxygen atoms in total. The van der Waals surface area contributed by atoms with Crippen molar-refractivity contribution < 1.29 is 15.0 Å². The van der Waals surface area contributed by atoms with Crippen LogP contribution in [-0.2, 0) is 4.79 Å². The van der Waals surface area contributed by atoms with Crippen molar-refractivity contribution in [1.82, 2.24) is 5.32 Å². The van der Waals surface area contributed by atoms with E-state index in [4.69, 9.17) is 5.11 Å². The molecule has 0 saturated heterocycles. The van der Waals surface area contributed by atoms with Gasteiger partial charge in [0.15, 0.2) is 0 Å². The van der Waals surface area contributed by atoms with E-state index < -0.39 is 12.1 Å². The van der Waals surface area contributed by atoms with Crippen LogP contribution >= 0.6 is 11.8 Å². The van der Waals surface area contributed by atoms with Crippen LogP contribution in [0.25, 0.3) is 0 Å². The minimum atomic E-state index is -0.948. The number of nitrogens with one attached hydrogen (secondary N) is 1. The molecule has 1 atom stereocenters. The van der Waals surface area contributed by atoms with Gasteiger partial charge in [-0.3, -0.25) is 4.79 Å². The number of carbonyl (C=O) groups is 1. The molecule has 1 aliphatic rings. The summed E-state index contributed by atoms with van der Waals surface area (Å²) in [6.45, 7) is 1.24. The summed E-state index contributed by atoms with van der Waals surface area (Å²) < 4.78 is 0.293. The molecular formula is C12H23NO3S. The number of aliphatic hydroxyl groups is 1. The lowest BCUT2D eigenvalue weighted by Crippen LogP contribution is -2.42. The Kier molecular flexibility index (Phi) is 6.30. The van der Waals surface area contributed by atoms with Crippen molar-refractivity contribution in [3.8, 4) is 0 Å². The van der Waals surface area contributed by atoms with Gasteiger partial charge in [-0.25, -0.2) is 0 Å². The zero-order valence-corrected chi connectivity index (χ0v) is 11.3. The topological polar surface area (TPSA) is 69.6 Å². The third kappa shape index (κ3) is 5.27. The summed E-state index contributed by atoms with van der Waals surface area (Å²) in [6.07, 6.45) is 7.49. The molecule has 0 radical (unpaired) electrons. The van der Waals surface area contributed by atoms with E-state index in [1.165, 1.54) is 32.1 Å². The van der Waals surface area contributed by atoms with Crippen LogP contribution in [0.5, 0.6) is 0 Å². The van der Waals surface area contributed by atoms with Crippen molar-refractivity contribution in [1.29, 1.82) is 0 Å². The molecule has 1 unspecified atom stereocenters. The molecule has 1 saturated carbocycles. The number of hydrogen-bond donors (Lipinski definition) is 3. The summed E-state index contributed by atoms with van der Waals surface area (Å²) in [5.41, 5.74) is 0. The molecule has 0 heterocycles. The summed E-state index contributed by atoms with van der Waals surface area (Å²) in [5.74, 6) is -0.948. The van der Waals surface area contributed by atoms with Gasteiger partial charge in [0, 0.05) is 17.8 Å². The minimum Gasteiger partial charge on any atom is -0.481 e. The first-order valence-corrected chi connectivity index (χ1v) is 7.46. The van der Waals surface area contributed by atoms with Crippen molar-refractivity contribution >= 4 is 17.7 Å². The van der Waals surface area contributed by atoms with Gasteiger partial charge in [0.2, 0.25) is 0 Å². The van der Waals surface area contributed by atoms with Crippen molar-refractivity contribution in [2.75, 3.05) is 19.3 Å². The van der Waals surface area contributed by atoms with Gasteiger partial charge < -0.3 is 15.5 Å². The molecule has 0 bridgehead atoms. The van der Waals surface area contributed by atoms with Crippen molar-refractivity contribution in [3.05, 3.63) is 0 Å². The highest BCUT2D eigenvalue weighted by Gasteiger charge is 2.30. The molecule has 3 N–H and O–H groups in total. The Morgan fingerprint density at radius 1 is 1.41 bits per heavy atom. The highest BCUT2D eigenvalue weighted by atomic mass is 32.2. The maximum absolute atomic E-state index is 10.4. The molecule has 0 amide bonds. The maximum atomic E-state index is 10.4. The number of hydrogen-bond acceptors (Lipinski definition) is 4. The van der Waals surface area contributed by atoms with E-state index in [-0.39, 0.29) is 6.42 Å². The smallest absolute Gasteiger partial charge is 0.306 e. The lowest BCUT2D eigenvalue weighted by Gasteiger charge is -2.36. The average molecular weight is 261 g/mol. The van der Waals surface area contributed by atoms with Crippen LogP contribution in [-0.4, -0.2) is 46.4 Å². The highest BCUT2D eigenvalue weighted by molar-refractivity contribution is 8.00. The molecular weight excluding hydrogens is 238 g/mol. The van der Waals surface area contributed by atoms with E-state index in [1.807, 2.05) is 11.8 Å². The molecule has 1 rings (SSSR count). The maximum Gasteiger partial charge on any atom is 0.306 e. The SMILES string of the molecule is CSC1(CNCC(O)CC(=O)O)CCCCC1. The van der Waals surface area contributed by atoms with Crippen LogP contribution in [0.15, 0.2) is 0 Å². The van der Waals surface area contributed by atoms with Crippen LogP contribution in [0.3, 0.4) is 0 Å². The summed E-state index contributed by atoms with van der Waals surface area (Å²) in [6, 6.07) is 0. The fourth-order valence-electron chi connectivity index (χ4n) is 2.39. The normalized spacial score (nSPS) is 21.1. The number of aliphatic carboxylic acids is 1. The Morgan fingerprint density at radius 2 is 2.06 bits per heavy atom. The molecule has 0 aromatic heterocycles. The standard InChI is InChI=1S/C12H23NO3S/c1-17-12(5-3-2-4-6-12)9-13-8-10(14)7-11(15)16/h10,13-14H,2-9H2,1H3,(H,15,16). The summed E-state index contributed by atoms with van der Waals surface area (Å²) in [5, 5.41) is 21.2. The lowest BCUT2D eigenvalue weighted by atomic mass is 9.88. The monoisotopic (exact) mass is 261 g/mol. The zero-order valence-electron chi connectivity index (χ0n) is 10.4. The van der Waals surface area contributed by atoms with Crippen LogP contribution in [0.2, 0.25) is 0 Å². The van der Waals surface area contributed by atoms with Crippen LogP contribution in [0, 0.1) is 0 Å². The number of carboxylic acids is 1. The van der Waals surface area contributed by atoms with Gasteiger partial charge in [-0.1, -0.05) is 19.3 Å². The second-order valence-electron chi connectivity index (χ2n) is 4.83. The third-order valence-electron chi connectivity index (χ3n) is 3.44.